The van der Waals surface area contributed by atoms with E-state index in [2.05, 4.69) is 0 Å². The first-order valence-electron chi connectivity index (χ1n) is 8.48. The van der Waals surface area contributed by atoms with Gasteiger partial charge in [-0.15, -0.1) is 0 Å². The van der Waals surface area contributed by atoms with Gasteiger partial charge in [-0.05, 0) is 45.2 Å². The van der Waals surface area contributed by atoms with E-state index in [1.165, 1.54) is 0 Å². The second kappa shape index (κ2) is 5.73. The maximum atomic E-state index is 12.4. The third kappa shape index (κ3) is 2.13. The quantitative estimate of drug-likeness (QED) is 0.812. The largest absolute Gasteiger partial charge is 0.480 e. The molecule has 0 saturated heterocycles. The molecule has 0 fully saturated rings. The van der Waals surface area contributed by atoms with Crippen LogP contribution in [0.5, 0.6) is 0 Å². The van der Waals surface area contributed by atoms with Crippen LogP contribution < -0.4 is 0 Å². The number of carboxylic acid groups (broad SMARTS) is 2. The number of hydrogen-bond donors (Lipinski definition) is 2. The summed E-state index contributed by atoms with van der Waals surface area (Å²) in [6.07, 6.45) is 0. The van der Waals surface area contributed by atoms with Crippen molar-refractivity contribution in [3.8, 4) is 11.1 Å². The van der Waals surface area contributed by atoms with Crippen molar-refractivity contribution in [3.63, 3.8) is 0 Å². The summed E-state index contributed by atoms with van der Waals surface area (Å²) in [4.78, 5) is 24.7. The predicted molar refractivity (Wildman–Crippen MR) is 96.1 cm³/mol. The number of rotatable bonds is 4. The topological polar surface area (TPSA) is 74.6 Å². The van der Waals surface area contributed by atoms with Gasteiger partial charge in [0, 0.05) is 0 Å². The summed E-state index contributed by atoms with van der Waals surface area (Å²) < 4.78 is 0. The number of benzene rings is 2. The monoisotopic (exact) mass is 338 g/mol. The summed E-state index contributed by atoms with van der Waals surface area (Å²) in [5.74, 6) is -2.49. The molecule has 0 aromatic heterocycles. The smallest absolute Gasteiger partial charge is 0.330 e. The predicted octanol–water partition coefficient (Wildman–Crippen LogP) is 4.37. The highest BCUT2D eigenvalue weighted by Crippen LogP contribution is 2.53. The third-order valence-corrected chi connectivity index (χ3v) is 5.12. The normalized spacial score (nSPS) is 14.5. The molecule has 0 radical (unpaired) electrons. The molecule has 0 spiro atoms. The van der Waals surface area contributed by atoms with Crippen LogP contribution in [0.15, 0.2) is 36.4 Å². The van der Waals surface area contributed by atoms with Crippen LogP contribution in [-0.2, 0) is 15.0 Å². The van der Waals surface area contributed by atoms with Crippen LogP contribution in [-0.4, -0.2) is 22.2 Å². The molecule has 25 heavy (non-hydrogen) atoms. The van der Waals surface area contributed by atoms with Crippen LogP contribution in [0.3, 0.4) is 0 Å². The molecular weight excluding hydrogens is 316 g/mol. The van der Waals surface area contributed by atoms with Crippen LogP contribution in [0.25, 0.3) is 11.1 Å². The van der Waals surface area contributed by atoms with E-state index in [1.54, 1.807) is 18.2 Å². The Morgan fingerprint density at radius 3 is 1.96 bits per heavy atom. The highest BCUT2D eigenvalue weighted by atomic mass is 16.4. The molecule has 4 nitrogen and oxygen atoms in total. The highest BCUT2D eigenvalue weighted by Gasteiger charge is 2.57. The minimum absolute atomic E-state index is 0.0136. The van der Waals surface area contributed by atoms with Crippen molar-refractivity contribution in [2.45, 2.75) is 44.9 Å². The molecule has 0 saturated carbocycles. The SMILES string of the molecule is CC(C)c1ccc2c(c1C(C)C)C(C(=O)O)(C(=O)O)c1ccccc1-2. The first-order chi connectivity index (χ1) is 11.7. The van der Waals surface area contributed by atoms with E-state index in [0.717, 1.165) is 11.1 Å². The van der Waals surface area contributed by atoms with Gasteiger partial charge < -0.3 is 10.2 Å². The molecule has 2 N–H and O–H groups in total. The Labute approximate surface area is 147 Å². The van der Waals surface area contributed by atoms with E-state index >= 15 is 0 Å². The Morgan fingerprint density at radius 2 is 1.44 bits per heavy atom. The Balaban J connectivity index is 2.56. The van der Waals surface area contributed by atoms with Gasteiger partial charge in [-0.3, -0.25) is 9.59 Å². The van der Waals surface area contributed by atoms with Crippen molar-refractivity contribution >= 4 is 11.9 Å². The molecule has 1 aliphatic rings. The Morgan fingerprint density at radius 1 is 0.840 bits per heavy atom. The van der Waals surface area contributed by atoms with Crippen molar-refractivity contribution in [1.82, 2.24) is 0 Å². The summed E-state index contributed by atoms with van der Waals surface area (Å²) in [6, 6.07) is 10.8. The lowest BCUT2D eigenvalue weighted by atomic mass is 9.72. The second-order valence-electron chi connectivity index (χ2n) is 7.21. The number of aliphatic carboxylic acids is 2. The fourth-order valence-electron chi connectivity index (χ4n) is 4.10. The standard InChI is InChI=1S/C21H22O4/c1-11(2)13-9-10-15-14-7-5-6-8-16(14)21(19(22)23,20(24)25)18(15)17(13)12(3)4/h5-12H,1-4H3,(H,22,23)(H,24,25). The van der Waals surface area contributed by atoms with E-state index in [1.807, 2.05) is 45.9 Å². The van der Waals surface area contributed by atoms with Gasteiger partial charge in [0.1, 0.15) is 0 Å². The molecule has 0 aliphatic heterocycles. The van der Waals surface area contributed by atoms with Crippen molar-refractivity contribution < 1.29 is 19.8 Å². The van der Waals surface area contributed by atoms with Gasteiger partial charge in [-0.25, -0.2) is 0 Å². The van der Waals surface area contributed by atoms with Crippen LogP contribution in [0.2, 0.25) is 0 Å². The third-order valence-electron chi connectivity index (χ3n) is 5.12. The van der Waals surface area contributed by atoms with E-state index in [-0.39, 0.29) is 11.8 Å². The van der Waals surface area contributed by atoms with Gasteiger partial charge >= 0.3 is 11.9 Å². The van der Waals surface area contributed by atoms with E-state index in [0.29, 0.717) is 22.3 Å². The first-order valence-corrected chi connectivity index (χ1v) is 8.48. The van der Waals surface area contributed by atoms with Crippen LogP contribution in [0.4, 0.5) is 0 Å². The van der Waals surface area contributed by atoms with Gasteiger partial charge in [0.05, 0.1) is 0 Å². The number of carbonyl (C=O) groups is 2. The first kappa shape index (κ1) is 17.2. The summed E-state index contributed by atoms with van der Waals surface area (Å²) >= 11 is 0. The van der Waals surface area contributed by atoms with Crippen molar-refractivity contribution in [2.75, 3.05) is 0 Å². The molecule has 3 rings (SSSR count). The Kier molecular flexibility index (Phi) is 3.94. The van der Waals surface area contributed by atoms with Crippen molar-refractivity contribution in [1.29, 1.82) is 0 Å². The fraction of sp³-hybridized carbons (Fsp3) is 0.333. The molecule has 4 heteroatoms. The van der Waals surface area contributed by atoms with Crippen molar-refractivity contribution in [3.05, 3.63) is 58.7 Å². The minimum Gasteiger partial charge on any atom is -0.480 e. The van der Waals surface area contributed by atoms with E-state index < -0.39 is 17.4 Å². The molecule has 0 heterocycles. The van der Waals surface area contributed by atoms with E-state index in [4.69, 9.17) is 0 Å². The average Bonchev–Trinajstić information content (AvgIpc) is 2.85. The Hall–Kier alpha value is -2.62. The molecule has 2 aromatic rings. The zero-order valence-electron chi connectivity index (χ0n) is 14.8. The molecule has 0 unspecified atom stereocenters. The fourth-order valence-corrected chi connectivity index (χ4v) is 4.10. The lowest BCUT2D eigenvalue weighted by Gasteiger charge is -2.28. The van der Waals surface area contributed by atoms with Crippen LogP contribution >= 0.6 is 0 Å². The lowest BCUT2D eigenvalue weighted by Crippen LogP contribution is -2.44. The average molecular weight is 338 g/mol. The van der Waals surface area contributed by atoms with Gasteiger partial charge in [-0.2, -0.15) is 0 Å². The zero-order valence-corrected chi connectivity index (χ0v) is 14.8. The summed E-state index contributed by atoms with van der Waals surface area (Å²) in [7, 11) is 0. The van der Waals surface area contributed by atoms with Gasteiger partial charge in [0.25, 0.3) is 0 Å². The molecule has 0 amide bonds. The summed E-state index contributed by atoms with van der Waals surface area (Å²) in [5, 5.41) is 20.2. The molecule has 0 bridgehead atoms. The molecular formula is C21H22O4. The highest BCUT2D eigenvalue weighted by molar-refractivity contribution is 6.14. The molecule has 130 valence electrons. The van der Waals surface area contributed by atoms with Crippen molar-refractivity contribution in [2.24, 2.45) is 0 Å². The maximum absolute atomic E-state index is 12.4. The van der Waals surface area contributed by atoms with Crippen LogP contribution in [0, 0.1) is 0 Å². The lowest BCUT2D eigenvalue weighted by molar-refractivity contribution is -0.155. The van der Waals surface area contributed by atoms with Gasteiger partial charge in [-0.1, -0.05) is 64.1 Å². The Bertz CT molecular complexity index is 863. The van der Waals surface area contributed by atoms with Gasteiger partial charge in [0.15, 0.2) is 0 Å². The summed E-state index contributed by atoms with van der Waals surface area (Å²) in [6.45, 7) is 8.05. The number of carboxylic acids is 2. The van der Waals surface area contributed by atoms with E-state index in [9.17, 15) is 19.8 Å². The van der Waals surface area contributed by atoms with Crippen LogP contribution in [0.1, 0.15) is 61.8 Å². The number of fused-ring (bicyclic) bond motifs is 3. The molecule has 0 atom stereocenters. The zero-order chi connectivity index (χ0) is 18.5. The maximum Gasteiger partial charge on any atom is 0.330 e. The molecule has 1 aliphatic carbocycles. The minimum atomic E-state index is -2.06. The molecule has 2 aromatic carbocycles. The second-order valence-corrected chi connectivity index (χ2v) is 7.21. The number of hydrogen-bond acceptors (Lipinski definition) is 2. The van der Waals surface area contributed by atoms with Gasteiger partial charge in [0.2, 0.25) is 5.41 Å². The summed E-state index contributed by atoms with van der Waals surface area (Å²) in [5.41, 5.74) is 1.97.